The third-order valence-electron chi connectivity index (χ3n) is 5.40. The zero-order chi connectivity index (χ0) is 21.1. The number of nitrogens with zero attached hydrogens (tertiary/aromatic N) is 1. The number of hydrogen-bond acceptors (Lipinski definition) is 4. The van der Waals surface area contributed by atoms with Crippen molar-refractivity contribution in [3.63, 3.8) is 0 Å². The number of ether oxygens (including phenoxy) is 2. The summed E-state index contributed by atoms with van der Waals surface area (Å²) in [6, 6.07) is 10.7. The monoisotopic (exact) mass is 420 g/mol. The lowest BCUT2D eigenvalue weighted by Crippen LogP contribution is -2.43. The highest BCUT2D eigenvalue weighted by molar-refractivity contribution is 5.94. The van der Waals surface area contributed by atoms with Crippen molar-refractivity contribution in [2.24, 2.45) is 0 Å². The highest BCUT2D eigenvalue weighted by atomic mass is 19.4. The van der Waals surface area contributed by atoms with E-state index in [-0.39, 0.29) is 23.3 Å². The Balaban J connectivity index is 1.40. The Morgan fingerprint density at radius 1 is 1.13 bits per heavy atom. The first-order valence-electron chi connectivity index (χ1n) is 10.00. The molecule has 2 aliphatic heterocycles. The number of alkyl halides is 3. The third kappa shape index (κ3) is 5.05. The topological polar surface area (TPSA) is 50.8 Å². The molecular weight excluding hydrogens is 397 g/mol. The molecule has 5 nitrogen and oxygen atoms in total. The van der Waals surface area contributed by atoms with E-state index >= 15 is 0 Å². The number of carbonyl (C=O) groups excluding carboxylic acids is 1. The molecule has 1 atom stereocenters. The minimum atomic E-state index is -4.76. The van der Waals surface area contributed by atoms with E-state index < -0.39 is 6.36 Å². The quantitative estimate of drug-likeness (QED) is 0.797. The number of halogens is 3. The fraction of sp³-hybridized carbons (Fsp3) is 0.409. The van der Waals surface area contributed by atoms with Crippen LogP contribution in [0.1, 0.15) is 34.3 Å². The molecule has 2 heterocycles. The van der Waals surface area contributed by atoms with Crippen LogP contribution in [0.2, 0.25) is 0 Å². The fourth-order valence-electron chi connectivity index (χ4n) is 3.97. The number of benzene rings is 2. The van der Waals surface area contributed by atoms with E-state index in [1.807, 2.05) is 12.1 Å². The summed E-state index contributed by atoms with van der Waals surface area (Å²) in [6.07, 6.45) is -1.67. The number of likely N-dealkylation sites (tertiary alicyclic amines) is 1. The molecule has 1 fully saturated rings. The van der Waals surface area contributed by atoms with Gasteiger partial charge < -0.3 is 14.8 Å². The second kappa shape index (κ2) is 8.55. The van der Waals surface area contributed by atoms with E-state index in [9.17, 15) is 18.0 Å². The number of nitrogens with one attached hydrogen (secondary N) is 1. The molecule has 0 bridgehead atoms. The second-order valence-electron chi connectivity index (χ2n) is 7.63. The maximum absolute atomic E-state index is 12.5. The molecule has 30 heavy (non-hydrogen) atoms. The largest absolute Gasteiger partial charge is 0.573 e. The molecule has 0 radical (unpaired) electrons. The fourth-order valence-corrected chi connectivity index (χ4v) is 3.97. The van der Waals surface area contributed by atoms with Crippen LogP contribution in [0.3, 0.4) is 0 Å². The Labute approximate surface area is 172 Å². The summed E-state index contributed by atoms with van der Waals surface area (Å²) >= 11 is 0. The predicted octanol–water partition coefficient (Wildman–Crippen LogP) is 3.91. The van der Waals surface area contributed by atoms with Gasteiger partial charge in [-0.25, -0.2) is 0 Å². The minimum Gasteiger partial charge on any atom is -0.491 e. The number of hydrogen-bond donors (Lipinski definition) is 1. The summed E-state index contributed by atoms with van der Waals surface area (Å²) < 4.78 is 46.5. The van der Waals surface area contributed by atoms with Gasteiger partial charge in [-0.05, 0) is 68.2 Å². The molecule has 0 spiro atoms. The van der Waals surface area contributed by atoms with Gasteiger partial charge in [0.25, 0.3) is 5.91 Å². The molecule has 0 unspecified atom stereocenters. The average molecular weight is 420 g/mol. The Morgan fingerprint density at radius 2 is 1.87 bits per heavy atom. The van der Waals surface area contributed by atoms with E-state index in [2.05, 4.69) is 21.0 Å². The zero-order valence-corrected chi connectivity index (χ0v) is 16.4. The van der Waals surface area contributed by atoms with Crippen molar-refractivity contribution >= 4 is 5.91 Å². The molecule has 1 amide bonds. The molecule has 4 rings (SSSR count). The molecule has 1 N–H and O–H groups in total. The lowest BCUT2D eigenvalue weighted by molar-refractivity contribution is -0.274. The van der Waals surface area contributed by atoms with Crippen LogP contribution in [0.4, 0.5) is 13.2 Å². The Hall–Kier alpha value is -2.74. The van der Waals surface area contributed by atoms with E-state index in [0.29, 0.717) is 13.0 Å². The van der Waals surface area contributed by atoms with Gasteiger partial charge in [-0.2, -0.15) is 0 Å². The first-order chi connectivity index (χ1) is 14.4. The van der Waals surface area contributed by atoms with Crippen molar-refractivity contribution in [1.29, 1.82) is 0 Å². The lowest BCUT2D eigenvalue weighted by atomic mass is 9.96. The summed E-state index contributed by atoms with van der Waals surface area (Å²) in [7, 11) is 0. The van der Waals surface area contributed by atoms with Gasteiger partial charge in [0.1, 0.15) is 18.1 Å². The van der Waals surface area contributed by atoms with Gasteiger partial charge in [0.2, 0.25) is 0 Å². The van der Waals surface area contributed by atoms with Crippen LogP contribution < -0.4 is 14.8 Å². The van der Waals surface area contributed by atoms with Crippen molar-refractivity contribution in [2.45, 2.75) is 38.2 Å². The highest BCUT2D eigenvalue weighted by Crippen LogP contribution is 2.30. The summed E-state index contributed by atoms with van der Waals surface area (Å²) in [5.74, 6) is 0.133. The van der Waals surface area contributed by atoms with Gasteiger partial charge in [-0.15, -0.1) is 13.2 Å². The van der Waals surface area contributed by atoms with Gasteiger partial charge in [0.05, 0.1) is 6.04 Å². The van der Waals surface area contributed by atoms with Gasteiger partial charge in [-0.3, -0.25) is 9.69 Å². The van der Waals surface area contributed by atoms with Crippen LogP contribution in [0.15, 0.2) is 42.5 Å². The van der Waals surface area contributed by atoms with Crippen molar-refractivity contribution in [1.82, 2.24) is 10.2 Å². The summed E-state index contributed by atoms with van der Waals surface area (Å²) in [5.41, 5.74) is 2.58. The second-order valence-corrected chi connectivity index (χ2v) is 7.63. The van der Waals surface area contributed by atoms with E-state index in [0.717, 1.165) is 43.1 Å². The standard InChI is InChI=1S/C22H23F3N2O3/c23-22(24,25)30-18-8-6-15(7-9-18)21(28)26-17-12-19-16(13-27-10-1-2-11-27)4-3-5-20(19)29-14-17/h3-9,17H,1-2,10-14H2,(H,26,28)/t17-/m0/s1. The Kier molecular flexibility index (Phi) is 5.85. The molecule has 1 saturated heterocycles. The molecule has 0 saturated carbocycles. The predicted molar refractivity (Wildman–Crippen MR) is 105 cm³/mol. The smallest absolute Gasteiger partial charge is 0.491 e. The summed E-state index contributed by atoms with van der Waals surface area (Å²) in [5, 5.41) is 2.92. The van der Waals surface area contributed by atoms with Crippen molar-refractivity contribution < 1.29 is 27.4 Å². The van der Waals surface area contributed by atoms with Gasteiger partial charge >= 0.3 is 6.36 Å². The van der Waals surface area contributed by atoms with Crippen LogP contribution in [-0.2, 0) is 13.0 Å². The van der Waals surface area contributed by atoms with E-state index in [1.165, 1.54) is 30.5 Å². The molecule has 2 aromatic carbocycles. The first kappa shape index (κ1) is 20.5. The molecule has 2 aromatic rings. The Morgan fingerprint density at radius 3 is 2.57 bits per heavy atom. The van der Waals surface area contributed by atoms with Gasteiger partial charge in [-0.1, -0.05) is 12.1 Å². The lowest BCUT2D eigenvalue weighted by Gasteiger charge is -2.29. The number of fused-ring (bicyclic) bond motifs is 1. The highest BCUT2D eigenvalue weighted by Gasteiger charge is 2.31. The maximum Gasteiger partial charge on any atom is 0.573 e. The SMILES string of the molecule is O=C(N[C@@H]1COc2cccc(CN3CCCC3)c2C1)c1ccc(OC(F)(F)F)cc1. The van der Waals surface area contributed by atoms with Crippen LogP contribution in [0, 0.1) is 0 Å². The van der Waals surface area contributed by atoms with Gasteiger partial charge in [0, 0.05) is 17.7 Å². The van der Waals surface area contributed by atoms with E-state index in [1.54, 1.807) is 0 Å². The van der Waals surface area contributed by atoms with Crippen LogP contribution in [-0.4, -0.2) is 42.9 Å². The summed E-state index contributed by atoms with van der Waals surface area (Å²) in [6.45, 7) is 3.41. The van der Waals surface area contributed by atoms with Crippen molar-refractivity contribution in [3.8, 4) is 11.5 Å². The molecular formula is C22H23F3N2O3. The average Bonchev–Trinajstić information content (AvgIpc) is 3.21. The van der Waals surface area contributed by atoms with Crippen LogP contribution in [0.25, 0.3) is 0 Å². The van der Waals surface area contributed by atoms with Crippen LogP contribution >= 0.6 is 0 Å². The van der Waals surface area contributed by atoms with Gasteiger partial charge in [0.15, 0.2) is 0 Å². The molecule has 160 valence electrons. The van der Waals surface area contributed by atoms with Crippen molar-refractivity contribution in [3.05, 3.63) is 59.2 Å². The van der Waals surface area contributed by atoms with Crippen molar-refractivity contribution in [2.75, 3.05) is 19.7 Å². The zero-order valence-electron chi connectivity index (χ0n) is 16.4. The Bertz CT molecular complexity index is 893. The van der Waals surface area contributed by atoms with Crippen LogP contribution in [0.5, 0.6) is 11.5 Å². The molecule has 2 aliphatic rings. The van der Waals surface area contributed by atoms with E-state index in [4.69, 9.17) is 4.74 Å². The number of carbonyl (C=O) groups is 1. The maximum atomic E-state index is 12.5. The summed E-state index contributed by atoms with van der Waals surface area (Å²) in [4.78, 5) is 15.0. The first-order valence-corrected chi connectivity index (χ1v) is 10.00. The third-order valence-corrected chi connectivity index (χ3v) is 5.40. The molecule has 0 aliphatic carbocycles. The molecule has 0 aromatic heterocycles. The normalized spacial score (nSPS) is 19.1. The number of rotatable bonds is 5. The minimum absolute atomic E-state index is 0.212. The molecule has 8 heteroatoms. The number of amides is 1.